The van der Waals surface area contributed by atoms with Gasteiger partial charge in [-0.05, 0) is 66.9 Å². The van der Waals surface area contributed by atoms with Crippen molar-refractivity contribution in [3.05, 3.63) is 89.4 Å². The van der Waals surface area contributed by atoms with Gasteiger partial charge in [-0.3, -0.25) is 9.59 Å². The molecule has 1 atom stereocenters. The summed E-state index contributed by atoms with van der Waals surface area (Å²) in [4.78, 5) is 27.8. The number of amides is 1. The SMILES string of the molecule is CCCCOc1cccc(C2C(=C(O)c3ccc(OCCC)cc3)C(=O)C(=O)N2Cc2ccco2)c1. The van der Waals surface area contributed by atoms with Gasteiger partial charge in [-0.25, -0.2) is 0 Å². The van der Waals surface area contributed by atoms with Crippen LogP contribution >= 0.6 is 0 Å². The predicted octanol–water partition coefficient (Wildman–Crippen LogP) is 5.87. The van der Waals surface area contributed by atoms with Crippen LogP contribution in [0.25, 0.3) is 5.76 Å². The highest BCUT2D eigenvalue weighted by molar-refractivity contribution is 6.46. The molecule has 188 valence electrons. The minimum atomic E-state index is -0.805. The number of aliphatic hydroxyl groups excluding tert-OH is 1. The van der Waals surface area contributed by atoms with Crippen LogP contribution in [0.2, 0.25) is 0 Å². The summed E-state index contributed by atoms with van der Waals surface area (Å²) < 4.78 is 16.9. The Morgan fingerprint density at radius 3 is 2.42 bits per heavy atom. The van der Waals surface area contributed by atoms with Crippen molar-refractivity contribution in [1.82, 2.24) is 4.90 Å². The zero-order valence-corrected chi connectivity index (χ0v) is 20.6. The first-order chi connectivity index (χ1) is 17.5. The lowest BCUT2D eigenvalue weighted by Gasteiger charge is -2.25. The number of hydrogen-bond acceptors (Lipinski definition) is 6. The van der Waals surface area contributed by atoms with Crippen LogP contribution in [0.15, 0.2) is 76.9 Å². The van der Waals surface area contributed by atoms with Gasteiger partial charge in [-0.15, -0.1) is 0 Å². The van der Waals surface area contributed by atoms with Crippen LogP contribution in [0.3, 0.4) is 0 Å². The third-order valence-corrected chi connectivity index (χ3v) is 5.99. The fourth-order valence-corrected chi connectivity index (χ4v) is 4.15. The number of carbonyl (C=O) groups is 2. The van der Waals surface area contributed by atoms with Crippen LogP contribution in [0.5, 0.6) is 11.5 Å². The van der Waals surface area contributed by atoms with E-state index in [9.17, 15) is 14.7 Å². The average molecular weight is 490 g/mol. The quantitative estimate of drug-likeness (QED) is 0.157. The molecule has 1 saturated heterocycles. The van der Waals surface area contributed by atoms with E-state index >= 15 is 0 Å². The van der Waals surface area contributed by atoms with Crippen LogP contribution in [0.4, 0.5) is 0 Å². The highest BCUT2D eigenvalue weighted by atomic mass is 16.5. The number of furan rings is 1. The number of Topliss-reactive ketones (excluding diaryl/α,β-unsaturated/α-hetero) is 1. The Hall–Kier alpha value is -4.00. The van der Waals surface area contributed by atoms with Crippen LogP contribution < -0.4 is 9.47 Å². The van der Waals surface area contributed by atoms with Gasteiger partial charge in [0.05, 0.1) is 37.6 Å². The summed E-state index contributed by atoms with van der Waals surface area (Å²) in [7, 11) is 0. The Morgan fingerprint density at radius 2 is 1.72 bits per heavy atom. The van der Waals surface area contributed by atoms with E-state index in [2.05, 4.69) is 6.92 Å². The Morgan fingerprint density at radius 1 is 0.944 bits per heavy atom. The van der Waals surface area contributed by atoms with Crippen molar-refractivity contribution < 1.29 is 28.6 Å². The number of ketones is 1. The summed E-state index contributed by atoms with van der Waals surface area (Å²) >= 11 is 0. The fourth-order valence-electron chi connectivity index (χ4n) is 4.15. The van der Waals surface area contributed by atoms with Gasteiger partial charge in [0.1, 0.15) is 23.0 Å². The number of nitrogens with zero attached hydrogens (tertiary/aromatic N) is 1. The highest BCUT2D eigenvalue weighted by Crippen LogP contribution is 2.41. The minimum Gasteiger partial charge on any atom is -0.507 e. The molecule has 0 bridgehead atoms. The first-order valence-corrected chi connectivity index (χ1v) is 12.3. The van der Waals surface area contributed by atoms with Crippen molar-refractivity contribution in [3.63, 3.8) is 0 Å². The van der Waals surface area contributed by atoms with Crippen molar-refractivity contribution in [3.8, 4) is 11.5 Å². The molecule has 1 amide bonds. The van der Waals surface area contributed by atoms with E-state index in [1.54, 1.807) is 36.4 Å². The summed E-state index contributed by atoms with van der Waals surface area (Å²) in [6.07, 6.45) is 4.32. The van der Waals surface area contributed by atoms with Gasteiger partial charge in [-0.1, -0.05) is 32.4 Å². The van der Waals surface area contributed by atoms with E-state index in [1.165, 1.54) is 11.2 Å². The summed E-state index contributed by atoms with van der Waals surface area (Å²) in [5, 5.41) is 11.3. The van der Waals surface area contributed by atoms with E-state index in [-0.39, 0.29) is 17.9 Å². The highest BCUT2D eigenvalue weighted by Gasteiger charge is 2.46. The molecule has 1 aliphatic rings. The van der Waals surface area contributed by atoms with E-state index < -0.39 is 17.7 Å². The topological polar surface area (TPSA) is 89.2 Å². The van der Waals surface area contributed by atoms with Crippen LogP contribution in [0.1, 0.15) is 56.0 Å². The Bertz CT molecular complexity index is 1210. The number of hydrogen-bond donors (Lipinski definition) is 1. The number of benzene rings is 2. The van der Waals surface area contributed by atoms with Crippen molar-refractivity contribution in [1.29, 1.82) is 0 Å². The molecule has 1 N–H and O–H groups in total. The zero-order chi connectivity index (χ0) is 25.5. The number of ether oxygens (including phenoxy) is 2. The Balaban J connectivity index is 1.75. The van der Waals surface area contributed by atoms with E-state index in [4.69, 9.17) is 13.9 Å². The van der Waals surface area contributed by atoms with Gasteiger partial charge in [0.25, 0.3) is 11.7 Å². The normalized spacial score (nSPS) is 16.9. The maximum Gasteiger partial charge on any atom is 0.296 e. The third-order valence-electron chi connectivity index (χ3n) is 5.99. The lowest BCUT2D eigenvalue weighted by molar-refractivity contribution is -0.140. The number of rotatable bonds is 11. The Kier molecular flexibility index (Phi) is 8.10. The summed E-state index contributed by atoms with van der Waals surface area (Å²) in [5.74, 6) is 0.169. The van der Waals surface area contributed by atoms with Gasteiger partial charge in [0.15, 0.2) is 0 Å². The monoisotopic (exact) mass is 489 g/mol. The van der Waals surface area contributed by atoms with Gasteiger partial charge in [0.2, 0.25) is 0 Å². The molecule has 1 fully saturated rings. The maximum atomic E-state index is 13.3. The zero-order valence-electron chi connectivity index (χ0n) is 20.6. The van der Waals surface area contributed by atoms with Crippen molar-refractivity contribution in [2.45, 2.75) is 45.7 Å². The molecule has 36 heavy (non-hydrogen) atoms. The molecule has 0 aliphatic carbocycles. The van der Waals surface area contributed by atoms with Crippen molar-refractivity contribution in [2.75, 3.05) is 13.2 Å². The molecule has 2 heterocycles. The second kappa shape index (κ2) is 11.6. The lowest BCUT2D eigenvalue weighted by Crippen LogP contribution is -2.29. The molecule has 0 saturated carbocycles. The van der Waals surface area contributed by atoms with Gasteiger partial charge >= 0.3 is 0 Å². The van der Waals surface area contributed by atoms with Crippen LogP contribution in [-0.2, 0) is 16.1 Å². The molecular formula is C29H31NO6. The second-order valence-corrected chi connectivity index (χ2v) is 8.65. The summed E-state index contributed by atoms with van der Waals surface area (Å²) in [6.45, 7) is 5.35. The number of aliphatic hydroxyl groups is 1. The first kappa shape index (κ1) is 25.1. The van der Waals surface area contributed by atoms with E-state index in [0.29, 0.717) is 41.6 Å². The van der Waals surface area contributed by atoms with Gasteiger partial charge in [-0.2, -0.15) is 0 Å². The molecule has 0 radical (unpaired) electrons. The number of unbranched alkanes of at least 4 members (excludes halogenated alkanes) is 1. The second-order valence-electron chi connectivity index (χ2n) is 8.65. The predicted molar refractivity (Wildman–Crippen MR) is 136 cm³/mol. The molecule has 7 heteroatoms. The molecule has 4 rings (SSSR count). The molecular weight excluding hydrogens is 458 g/mol. The summed E-state index contributed by atoms with van der Waals surface area (Å²) in [6, 6.07) is 16.8. The summed E-state index contributed by atoms with van der Waals surface area (Å²) in [5.41, 5.74) is 1.12. The number of likely N-dealkylation sites (tertiary alicyclic amines) is 1. The standard InChI is InChI=1S/C29H31NO6/c1-3-5-16-35-23-9-6-8-21(18-23)26-25(27(31)20-11-13-22(14-12-20)34-15-4-2)28(32)29(33)30(26)19-24-10-7-17-36-24/h6-14,17-18,26,31H,3-5,15-16,19H2,1-2H3. The molecule has 1 unspecified atom stereocenters. The van der Waals surface area contributed by atoms with Crippen LogP contribution in [0, 0.1) is 0 Å². The molecule has 3 aromatic rings. The van der Waals surface area contributed by atoms with Crippen molar-refractivity contribution in [2.24, 2.45) is 0 Å². The van der Waals surface area contributed by atoms with E-state index in [1.807, 2.05) is 31.2 Å². The largest absolute Gasteiger partial charge is 0.507 e. The lowest BCUT2D eigenvalue weighted by atomic mass is 9.95. The third kappa shape index (κ3) is 5.46. The van der Waals surface area contributed by atoms with Gasteiger partial charge < -0.3 is 23.9 Å². The smallest absolute Gasteiger partial charge is 0.296 e. The molecule has 2 aromatic carbocycles. The molecule has 0 spiro atoms. The Labute approximate surface area is 210 Å². The molecule has 7 nitrogen and oxygen atoms in total. The van der Waals surface area contributed by atoms with Crippen molar-refractivity contribution >= 4 is 17.4 Å². The molecule has 1 aromatic heterocycles. The fraction of sp³-hybridized carbons (Fsp3) is 0.310. The van der Waals surface area contributed by atoms with E-state index in [0.717, 1.165) is 19.3 Å². The number of carbonyl (C=O) groups excluding carboxylic acids is 2. The van der Waals surface area contributed by atoms with Gasteiger partial charge in [0, 0.05) is 5.56 Å². The minimum absolute atomic E-state index is 0.0273. The molecule has 1 aliphatic heterocycles. The average Bonchev–Trinajstić information content (AvgIpc) is 3.50. The van der Waals surface area contributed by atoms with Crippen LogP contribution in [-0.4, -0.2) is 34.9 Å². The first-order valence-electron chi connectivity index (χ1n) is 12.3. The maximum absolute atomic E-state index is 13.3.